The minimum absolute atomic E-state index is 0.0363. The number of amides is 1. The second-order valence-electron chi connectivity index (χ2n) is 5.44. The maximum atomic E-state index is 12.8. The van der Waals surface area contributed by atoms with Crippen molar-refractivity contribution in [3.63, 3.8) is 0 Å². The number of nitrogens with zero attached hydrogens (tertiary/aromatic N) is 1. The van der Waals surface area contributed by atoms with E-state index in [2.05, 4.69) is 10.3 Å². The van der Waals surface area contributed by atoms with E-state index < -0.39 is 0 Å². The van der Waals surface area contributed by atoms with Gasteiger partial charge in [0.25, 0.3) is 0 Å². The molecule has 4 nitrogen and oxygen atoms in total. The molecule has 23 heavy (non-hydrogen) atoms. The lowest BCUT2D eigenvalue weighted by atomic mass is 10.1. The summed E-state index contributed by atoms with van der Waals surface area (Å²) in [5, 5.41) is 2.88. The van der Waals surface area contributed by atoms with E-state index in [-0.39, 0.29) is 11.7 Å². The second-order valence-corrected chi connectivity index (χ2v) is 5.44. The van der Waals surface area contributed by atoms with Crippen LogP contribution in [0.1, 0.15) is 23.4 Å². The summed E-state index contributed by atoms with van der Waals surface area (Å²) in [6.45, 7) is 2.25. The third kappa shape index (κ3) is 3.94. The van der Waals surface area contributed by atoms with E-state index in [0.717, 1.165) is 22.2 Å². The Kier molecular flexibility index (Phi) is 4.37. The summed E-state index contributed by atoms with van der Waals surface area (Å²) < 4.78 is 18.2. The molecule has 0 radical (unpaired) electrons. The number of oxazole rings is 1. The normalized spacial score (nSPS) is 10.9. The fourth-order valence-electron chi connectivity index (χ4n) is 2.40. The van der Waals surface area contributed by atoms with Crippen molar-refractivity contribution in [3.8, 4) is 0 Å². The zero-order chi connectivity index (χ0) is 16.2. The highest BCUT2D eigenvalue weighted by Gasteiger charge is 2.06. The van der Waals surface area contributed by atoms with Crippen LogP contribution in [-0.2, 0) is 17.8 Å². The van der Waals surface area contributed by atoms with Gasteiger partial charge in [0.2, 0.25) is 5.91 Å². The summed E-state index contributed by atoms with van der Waals surface area (Å²) in [6.07, 6.45) is 0.963. The summed E-state index contributed by atoms with van der Waals surface area (Å²) in [5.74, 6) is 0.322. The quantitative estimate of drug-likeness (QED) is 0.784. The number of hydrogen-bond donors (Lipinski definition) is 1. The van der Waals surface area contributed by atoms with Gasteiger partial charge in [-0.2, -0.15) is 0 Å². The Morgan fingerprint density at radius 3 is 2.70 bits per heavy atom. The number of rotatable bonds is 5. The van der Waals surface area contributed by atoms with E-state index in [4.69, 9.17) is 4.42 Å². The molecular formula is C18H17FN2O2. The predicted octanol–water partition coefficient (Wildman–Crippen LogP) is 3.52. The number of aryl methyl sites for hydroxylation is 2. The van der Waals surface area contributed by atoms with Crippen LogP contribution < -0.4 is 5.32 Å². The van der Waals surface area contributed by atoms with Gasteiger partial charge in [-0.1, -0.05) is 18.2 Å². The maximum absolute atomic E-state index is 12.8. The first kappa shape index (κ1) is 15.2. The summed E-state index contributed by atoms with van der Waals surface area (Å²) in [5.41, 5.74) is 3.46. The lowest BCUT2D eigenvalue weighted by Gasteiger charge is -2.05. The Balaban J connectivity index is 1.52. The largest absolute Gasteiger partial charge is 0.441 e. The van der Waals surface area contributed by atoms with Crippen molar-refractivity contribution < 1.29 is 13.6 Å². The average Bonchev–Trinajstić information content (AvgIpc) is 2.91. The molecule has 0 unspecified atom stereocenters. The van der Waals surface area contributed by atoms with Crippen molar-refractivity contribution in [1.82, 2.24) is 10.3 Å². The van der Waals surface area contributed by atoms with Crippen LogP contribution in [0.4, 0.5) is 4.39 Å². The van der Waals surface area contributed by atoms with Crippen LogP contribution in [0.15, 0.2) is 46.9 Å². The van der Waals surface area contributed by atoms with Gasteiger partial charge >= 0.3 is 0 Å². The molecule has 0 saturated carbocycles. The van der Waals surface area contributed by atoms with Crippen molar-refractivity contribution in [3.05, 3.63) is 65.3 Å². The Labute approximate surface area is 133 Å². The van der Waals surface area contributed by atoms with Gasteiger partial charge in [0.1, 0.15) is 11.3 Å². The molecule has 1 N–H and O–H groups in total. The fraction of sp³-hybridized carbons (Fsp3) is 0.222. The second kappa shape index (κ2) is 6.60. The molecule has 0 spiro atoms. The fourth-order valence-corrected chi connectivity index (χ4v) is 2.40. The van der Waals surface area contributed by atoms with Crippen LogP contribution in [0.25, 0.3) is 11.1 Å². The molecule has 0 atom stereocenters. The molecular weight excluding hydrogens is 295 g/mol. The molecule has 3 rings (SSSR count). The summed E-state index contributed by atoms with van der Waals surface area (Å²) in [4.78, 5) is 16.2. The molecule has 1 heterocycles. The summed E-state index contributed by atoms with van der Waals surface area (Å²) in [7, 11) is 0. The van der Waals surface area contributed by atoms with Gasteiger partial charge < -0.3 is 9.73 Å². The molecule has 0 saturated heterocycles. The Morgan fingerprint density at radius 2 is 1.91 bits per heavy atom. The van der Waals surface area contributed by atoms with E-state index in [1.165, 1.54) is 12.1 Å². The standard InChI is InChI=1S/C18H17FN2O2/c1-12-21-16-10-14(4-8-17(16)23-12)11-20-18(22)9-5-13-2-6-15(19)7-3-13/h2-4,6-8,10H,5,9,11H2,1H3,(H,20,22). The number of aromatic nitrogens is 1. The lowest BCUT2D eigenvalue weighted by molar-refractivity contribution is -0.121. The molecule has 0 aliphatic carbocycles. The Morgan fingerprint density at radius 1 is 1.17 bits per heavy atom. The number of benzene rings is 2. The van der Waals surface area contributed by atoms with Crippen LogP contribution in [0.2, 0.25) is 0 Å². The van der Waals surface area contributed by atoms with E-state index >= 15 is 0 Å². The monoisotopic (exact) mass is 312 g/mol. The van der Waals surface area contributed by atoms with Crippen molar-refractivity contribution in [1.29, 1.82) is 0 Å². The van der Waals surface area contributed by atoms with Gasteiger partial charge in [0, 0.05) is 19.9 Å². The average molecular weight is 312 g/mol. The van der Waals surface area contributed by atoms with Crippen molar-refractivity contribution in [2.24, 2.45) is 0 Å². The van der Waals surface area contributed by atoms with E-state index in [9.17, 15) is 9.18 Å². The molecule has 0 aliphatic heterocycles. The molecule has 0 aliphatic rings. The highest BCUT2D eigenvalue weighted by atomic mass is 19.1. The van der Waals surface area contributed by atoms with Crippen LogP contribution in [0, 0.1) is 12.7 Å². The third-order valence-electron chi connectivity index (χ3n) is 3.60. The van der Waals surface area contributed by atoms with Crippen LogP contribution in [-0.4, -0.2) is 10.9 Å². The van der Waals surface area contributed by atoms with Gasteiger partial charge in [0.05, 0.1) is 0 Å². The van der Waals surface area contributed by atoms with Crippen LogP contribution in [0.5, 0.6) is 0 Å². The molecule has 0 bridgehead atoms. The number of nitrogens with one attached hydrogen (secondary N) is 1. The number of fused-ring (bicyclic) bond motifs is 1. The topological polar surface area (TPSA) is 55.1 Å². The maximum Gasteiger partial charge on any atom is 0.220 e. The van der Waals surface area contributed by atoms with Gasteiger partial charge in [-0.25, -0.2) is 9.37 Å². The number of carbonyl (C=O) groups excluding carboxylic acids is 1. The first-order valence-corrected chi connectivity index (χ1v) is 7.47. The molecule has 1 amide bonds. The highest BCUT2D eigenvalue weighted by Crippen LogP contribution is 2.16. The summed E-state index contributed by atoms with van der Waals surface area (Å²) >= 11 is 0. The molecule has 1 aromatic heterocycles. The SMILES string of the molecule is Cc1nc2cc(CNC(=O)CCc3ccc(F)cc3)ccc2o1. The minimum atomic E-state index is -0.267. The van der Waals surface area contributed by atoms with Gasteiger partial charge in [-0.3, -0.25) is 4.79 Å². The van der Waals surface area contributed by atoms with Crippen molar-refractivity contribution in [2.75, 3.05) is 0 Å². The van der Waals surface area contributed by atoms with Crippen LogP contribution >= 0.6 is 0 Å². The molecule has 0 fully saturated rings. The van der Waals surface area contributed by atoms with E-state index in [1.54, 1.807) is 19.1 Å². The minimum Gasteiger partial charge on any atom is -0.441 e. The van der Waals surface area contributed by atoms with Crippen LogP contribution in [0.3, 0.4) is 0 Å². The van der Waals surface area contributed by atoms with Gasteiger partial charge in [-0.05, 0) is 41.8 Å². The van der Waals surface area contributed by atoms with Crippen molar-refractivity contribution >= 4 is 17.0 Å². The van der Waals surface area contributed by atoms with E-state index in [0.29, 0.717) is 25.3 Å². The van der Waals surface area contributed by atoms with Gasteiger partial charge in [0.15, 0.2) is 11.5 Å². The lowest BCUT2D eigenvalue weighted by Crippen LogP contribution is -2.22. The number of halogens is 1. The predicted molar refractivity (Wildman–Crippen MR) is 85.3 cm³/mol. The summed E-state index contributed by atoms with van der Waals surface area (Å²) in [6, 6.07) is 11.9. The first-order valence-electron chi connectivity index (χ1n) is 7.47. The molecule has 118 valence electrons. The Bertz CT molecular complexity index is 825. The third-order valence-corrected chi connectivity index (χ3v) is 3.60. The van der Waals surface area contributed by atoms with Gasteiger partial charge in [-0.15, -0.1) is 0 Å². The number of hydrogen-bond acceptors (Lipinski definition) is 3. The smallest absolute Gasteiger partial charge is 0.220 e. The Hall–Kier alpha value is -2.69. The molecule has 2 aromatic carbocycles. The van der Waals surface area contributed by atoms with Crippen molar-refractivity contribution in [2.45, 2.75) is 26.3 Å². The highest BCUT2D eigenvalue weighted by molar-refractivity contribution is 5.77. The molecule has 3 aromatic rings. The zero-order valence-electron chi connectivity index (χ0n) is 12.8. The first-order chi connectivity index (χ1) is 11.1. The molecule has 5 heteroatoms. The zero-order valence-corrected chi connectivity index (χ0v) is 12.8. The van der Waals surface area contributed by atoms with E-state index in [1.807, 2.05) is 18.2 Å². The number of carbonyl (C=O) groups is 1.